The summed E-state index contributed by atoms with van der Waals surface area (Å²) >= 11 is 1.75. The molecule has 0 saturated carbocycles. The smallest absolute Gasteiger partial charge is 0.0508 e. The van der Waals surface area contributed by atoms with Crippen LogP contribution in [0.3, 0.4) is 0 Å². The first-order valence-corrected chi connectivity index (χ1v) is 5.78. The van der Waals surface area contributed by atoms with Crippen LogP contribution in [0.5, 0.6) is 0 Å². The molecule has 1 aromatic heterocycles. The lowest BCUT2D eigenvalue weighted by molar-refractivity contribution is 0.566. The predicted molar refractivity (Wildman–Crippen MR) is 66.7 cm³/mol. The number of hydrogen-bond acceptors (Lipinski definition) is 3. The molecule has 3 heteroatoms. The minimum absolute atomic E-state index is 0.165. The van der Waals surface area contributed by atoms with Gasteiger partial charge in [0.15, 0.2) is 0 Å². The van der Waals surface area contributed by atoms with E-state index in [4.69, 9.17) is 5.84 Å². The van der Waals surface area contributed by atoms with Gasteiger partial charge in [-0.25, -0.2) is 0 Å². The van der Waals surface area contributed by atoms with Gasteiger partial charge in [0, 0.05) is 4.70 Å². The molecule has 0 aliphatic rings. The highest BCUT2D eigenvalue weighted by Gasteiger charge is 2.12. The zero-order valence-corrected chi connectivity index (χ0v) is 9.26. The molecule has 2 aromatic rings. The minimum Gasteiger partial charge on any atom is -0.271 e. The van der Waals surface area contributed by atoms with E-state index in [0.29, 0.717) is 0 Å². The summed E-state index contributed by atoms with van der Waals surface area (Å²) in [6.07, 6.45) is 2.73. The monoisotopic (exact) mass is 218 g/mol. The Balaban J connectivity index is 2.45. The average Bonchev–Trinajstić information content (AvgIpc) is 2.70. The Morgan fingerprint density at radius 1 is 1.47 bits per heavy atom. The highest BCUT2D eigenvalue weighted by molar-refractivity contribution is 7.17. The lowest BCUT2D eigenvalue weighted by Crippen LogP contribution is -2.27. The summed E-state index contributed by atoms with van der Waals surface area (Å²) in [5.74, 6) is 5.55. The molecule has 0 radical (unpaired) electrons. The quantitative estimate of drug-likeness (QED) is 0.470. The van der Waals surface area contributed by atoms with E-state index in [1.807, 2.05) is 6.08 Å². The molecule has 0 amide bonds. The van der Waals surface area contributed by atoms with Crippen molar-refractivity contribution in [2.75, 3.05) is 0 Å². The first kappa shape index (κ1) is 10.4. The third-order valence-electron chi connectivity index (χ3n) is 2.49. The number of rotatable bonds is 4. The zero-order valence-electron chi connectivity index (χ0n) is 8.44. The van der Waals surface area contributed by atoms with E-state index in [9.17, 15) is 0 Å². The largest absolute Gasteiger partial charge is 0.271 e. The van der Waals surface area contributed by atoms with Crippen molar-refractivity contribution < 1.29 is 0 Å². The summed E-state index contributed by atoms with van der Waals surface area (Å²) in [6, 6.07) is 8.54. The molecule has 0 spiro atoms. The van der Waals surface area contributed by atoms with Gasteiger partial charge in [0.1, 0.15) is 0 Å². The van der Waals surface area contributed by atoms with Crippen molar-refractivity contribution >= 4 is 21.4 Å². The summed E-state index contributed by atoms with van der Waals surface area (Å²) in [4.78, 5) is 0. The molecule has 0 aliphatic heterocycles. The third kappa shape index (κ3) is 1.95. The van der Waals surface area contributed by atoms with Gasteiger partial charge in [-0.05, 0) is 28.8 Å². The van der Waals surface area contributed by atoms with E-state index < -0.39 is 0 Å². The lowest BCUT2D eigenvalue weighted by atomic mass is 10.0. The number of fused-ring (bicyclic) bond motifs is 1. The summed E-state index contributed by atoms with van der Waals surface area (Å²) < 4.78 is 1.30. The van der Waals surface area contributed by atoms with Crippen molar-refractivity contribution in [3.05, 3.63) is 47.9 Å². The van der Waals surface area contributed by atoms with Crippen LogP contribution in [0.15, 0.2) is 42.3 Å². The fourth-order valence-electron chi connectivity index (χ4n) is 1.72. The first-order valence-electron chi connectivity index (χ1n) is 4.90. The van der Waals surface area contributed by atoms with Crippen LogP contribution in [-0.2, 0) is 0 Å². The van der Waals surface area contributed by atoms with Crippen LogP contribution in [0.4, 0.5) is 0 Å². The molecule has 2 nitrogen and oxygen atoms in total. The molecule has 3 N–H and O–H groups in total. The Morgan fingerprint density at radius 3 is 3.00 bits per heavy atom. The van der Waals surface area contributed by atoms with Crippen molar-refractivity contribution in [3.63, 3.8) is 0 Å². The lowest BCUT2D eigenvalue weighted by Gasteiger charge is -2.12. The van der Waals surface area contributed by atoms with E-state index in [2.05, 4.69) is 41.7 Å². The number of thiophene rings is 1. The Kier molecular flexibility index (Phi) is 3.16. The molecular weight excluding hydrogens is 204 g/mol. The number of benzene rings is 1. The van der Waals surface area contributed by atoms with E-state index >= 15 is 0 Å². The second-order valence-electron chi connectivity index (χ2n) is 3.43. The standard InChI is InChI=1S/C12H14N2S/c1-2-5-11(14-13)10-8-15-12-7-4-3-6-9(10)12/h2-4,6-8,11,14H,1,5,13H2. The maximum absolute atomic E-state index is 5.55. The average molecular weight is 218 g/mol. The molecular formula is C12H14N2S. The van der Waals surface area contributed by atoms with Crippen LogP contribution < -0.4 is 11.3 Å². The third-order valence-corrected chi connectivity index (χ3v) is 3.47. The van der Waals surface area contributed by atoms with Gasteiger partial charge in [-0.1, -0.05) is 24.3 Å². The van der Waals surface area contributed by atoms with Crippen molar-refractivity contribution in [1.82, 2.24) is 5.43 Å². The van der Waals surface area contributed by atoms with E-state index in [1.165, 1.54) is 15.6 Å². The molecule has 15 heavy (non-hydrogen) atoms. The number of hydrazine groups is 1. The fraction of sp³-hybridized carbons (Fsp3) is 0.167. The van der Waals surface area contributed by atoms with Gasteiger partial charge in [0.2, 0.25) is 0 Å². The first-order chi connectivity index (χ1) is 7.36. The van der Waals surface area contributed by atoms with E-state index in [-0.39, 0.29) is 6.04 Å². The highest BCUT2D eigenvalue weighted by Crippen LogP contribution is 2.31. The number of nitrogens with two attached hydrogens (primary N) is 1. The maximum Gasteiger partial charge on any atom is 0.0508 e. The zero-order chi connectivity index (χ0) is 10.7. The molecule has 78 valence electrons. The van der Waals surface area contributed by atoms with Crippen molar-refractivity contribution in [2.24, 2.45) is 5.84 Å². The van der Waals surface area contributed by atoms with Gasteiger partial charge in [-0.2, -0.15) is 0 Å². The van der Waals surface area contributed by atoms with Gasteiger partial charge >= 0.3 is 0 Å². The van der Waals surface area contributed by atoms with Crippen molar-refractivity contribution in [2.45, 2.75) is 12.5 Å². The van der Waals surface area contributed by atoms with Gasteiger partial charge < -0.3 is 0 Å². The minimum atomic E-state index is 0.165. The van der Waals surface area contributed by atoms with Gasteiger partial charge in [0.05, 0.1) is 6.04 Å². The van der Waals surface area contributed by atoms with Crippen LogP contribution in [0.2, 0.25) is 0 Å². The maximum atomic E-state index is 5.55. The van der Waals surface area contributed by atoms with Crippen molar-refractivity contribution in [3.8, 4) is 0 Å². The molecule has 0 aliphatic carbocycles. The Morgan fingerprint density at radius 2 is 2.27 bits per heavy atom. The Labute approximate surface area is 93.4 Å². The highest BCUT2D eigenvalue weighted by atomic mass is 32.1. The fourth-order valence-corrected chi connectivity index (χ4v) is 2.73. The second-order valence-corrected chi connectivity index (χ2v) is 4.34. The molecule has 1 atom stereocenters. The SMILES string of the molecule is C=CCC(NN)c1csc2ccccc12. The van der Waals surface area contributed by atoms with E-state index in [0.717, 1.165) is 6.42 Å². The second kappa shape index (κ2) is 4.57. The van der Waals surface area contributed by atoms with Crippen LogP contribution in [0.1, 0.15) is 18.0 Å². The molecule has 0 bridgehead atoms. The van der Waals surface area contributed by atoms with Crippen LogP contribution in [0.25, 0.3) is 10.1 Å². The topological polar surface area (TPSA) is 38.0 Å². The molecule has 2 rings (SSSR count). The van der Waals surface area contributed by atoms with Crippen molar-refractivity contribution in [1.29, 1.82) is 0 Å². The Bertz CT molecular complexity index is 461. The number of hydrogen-bond donors (Lipinski definition) is 2. The van der Waals surface area contributed by atoms with E-state index in [1.54, 1.807) is 11.3 Å². The molecule has 1 aromatic carbocycles. The Hall–Kier alpha value is -1.16. The molecule has 1 unspecified atom stereocenters. The van der Waals surface area contributed by atoms with Crippen LogP contribution in [-0.4, -0.2) is 0 Å². The van der Waals surface area contributed by atoms with Gasteiger partial charge in [-0.15, -0.1) is 17.9 Å². The summed E-state index contributed by atoms with van der Waals surface area (Å²) in [5.41, 5.74) is 4.09. The summed E-state index contributed by atoms with van der Waals surface area (Å²) in [5, 5.41) is 3.45. The summed E-state index contributed by atoms with van der Waals surface area (Å²) in [7, 11) is 0. The van der Waals surface area contributed by atoms with Gasteiger partial charge in [-0.3, -0.25) is 11.3 Å². The molecule has 0 saturated heterocycles. The predicted octanol–water partition coefficient (Wildman–Crippen LogP) is 2.98. The summed E-state index contributed by atoms with van der Waals surface area (Å²) in [6.45, 7) is 3.75. The number of nitrogens with one attached hydrogen (secondary N) is 1. The normalized spacial score (nSPS) is 12.9. The molecule has 1 heterocycles. The molecule has 0 fully saturated rings. The van der Waals surface area contributed by atoms with Gasteiger partial charge in [0.25, 0.3) is 0 Å². The van der Waals surface area contributed by atoms with Crippen LogP contribution >= 0.6 is 11.3 Å². The van der Waals surface area contributed by atoms with Crippen LogP contribution in [0, 0.1) is 0 Å².